The lowest BCUT2D eigenvalue weighted by Gasteiger charge is -1.99. The Hall–Kier alpha value is -0.710. The monoisotopic (exact) mass is 225 g/mol. The summed E-state index contributed by atoms with van der Waals surface area (Å²) in [4.78, 5) is 10.6. The van der Waals surface area contributed by atoms with E-state index in [-0.39, 0.29) is 0 Å². The van der Waals surface area contributed by atoms with Crippen LogP contribution in [-0.2, 0) is 6.54 Å². The first kappa shape index (κ1) is 8.59. The van der Waals surface area contributed by atoms with Gasteiger partial charge in [-0.2, -0.15) is 0 Å². The normalized spacial score (nSPS) is 20.3. The molecule has 1 aliphatic heterocycles. The second-order valence-electron chi connectivity index (χ2n) is 3.39. The third kappa shape index (κ3) is 1.02. The summed E-state index contributed by atoms with van der Waals surface area (Å²) < 4.78 is 0. The van der Waals surface area contributed by atoms with Crippen LogP contribution in [0.15, 0.2) is 6.33 Å². The van der Waals surface area contributed by atoms with Crippen molar-refractivity contribution < 1.29 is 0 Å². The van der Waals surface area contributed by atoms with Crippen molar-refractivity contribution in [2.75, 3.05) is 0 Å². The van der Waals surface area contributed by atoms with E-state index in [4.69, 9.17) is 11.6 Å². The van der Waals surface area contributed by atoms with Crippen LogP contribution < -0.4 is 5.32 Å². The highest BCUT2D eigenvalue weighted by molar-refractivity contribution is 7.19. The fraction of sp³-hybridized carbons (Fsp3) is 0.333. The molecule has 1 aliphatic rings. The minimum Gasteiger partial charge on any atom is -0.305 e. The van der Waals surface area contributed by atoms with Crippen molar-refractivity contribution in [2.45, 2.75) is 19.5 Å². The third-order valence-corrected chi connectivity index (χ3v) is 4.16. The quantitative estimate of drug-likeness (QED) is 0.701. The Labute approximate surface area is 90.1 Å². The fourth-order valence-corrected chi connectivity index (χ4v) is 3.33. The summed E-state index contributed by atoms with van der Waals surface area (Å²) in [6.45, 7) is 3.03. The Balaban J connectivity index is 2.41. The van der Waals surface area contributed by atoms with Crippen LogP contribution in [0.25, 0.3) is 10.2 Å². The third-order valence-electron chi connectivity index (χ3n) is 2.55. The van der Waals surface area contributed by atoms with Crippen molar-refractivity contribution in [1.82, 2.24) is 15.3 Å². The van der Waals surface area contributed by atoms with E-state index in [1.165, 1.54) is 16.8 Å². The van der Waals surface area contributed by atoms with Gasteiger partial charge < -0.3 is 5.32 Å². The van der Waals surface area contributed by atoms with Crippen molar-refractivity contribution in [1.29, 1.82) is 0 Å². The van der Waals surface area contributed by atoms with Crippen molar-refractivity contribution in [3.05, 3.63) is 21.9 Å². The zero-order chi connectivity index (χ0) is 9.71. The molecule has 72 valence electrons. The van der Waals surface area contributed by atoms with Gasteiger partial charge in [0.15, 0.2) is 0 Å². The summed E-state index contributed by atoms with van der Waals surface area (Å²) in [5.41, 5.74) is 1.28. The number of hydrogen-bond acceptors (Lipinski definition) is 4. The number of rotatable bonds is 0. The molecule has 1 atom stereocenters. The van der Waals surface area contributed by atoms with Crippen LogP contribution in [0.4, 0.5) is 0 Å². The van der Waals surface area contributed by atoms with Gasteiger partial charge in [-0.15, -0.1) is 11.3 Å². The van der Waals surface area contributed by atoms with Gasteiger partial charge in [-0.25, -0.2) is 9.97 Å². The largest absolute Gasteiger partial charge is 0.305 e. The highest BCUT2D eigenvalue weighted by Crippen LogP contribution is 2.40. The highest BCUT2D eigenvalue weighted by Gasteiger charge is 2.25. The molecule has 0 saturated heterocycles. The minimum atomic E-state index is 0.417. The SMILES string of the molecule is CC1NCc2c1sc1ncnc(Cl)c21. The average molecular weight is 226 g/mol. The molecule has 0 bridgehead atoms. The second-order valence-corrected chi connectivity index (χ2v) is 4.78. The smallest absolute Gasteiger partial charge is 0.141 e. The molecule has 0 aromatic carbocycles. The first-order valence-corrected chi connectivity index (χ1v) is 5.62. The molecular formula is C9H8ClN3S. The van der Waals surface area contributed by atoms with E-state index < -0.39 is 0 Å². The zero-order valence-electron chi connectivity index (χ0n) is 7.54. The minimum absolute atomic E-state index is 0.417. The lowest BCUT2D eigenvalue weighted by molar-refractivity contribution is 0.639. The van der Waals surface area contributed by atoms with Crippen LogP contribution in [0.1, 0.15) is 23.4 Å². The molecule has 0 amide bonds. The summed E-state index contributed by atoms with van der Waals surface area (Å²) in [7, 11) is 0. The Morgan fingerprint density at radius 1 is 1.57 bits per heavy atom. The molecule has 2 aromatic heterocycles. The Morgan fingerprint density at radius 2 is 2.43 bits per heavy atom. The maximum Gasteiger partial charge on any atom is 0.141 e. The van der Waals surface area contributed by atoms with Crippen LogP contribution >= 0.6 is 22.9 Å². The molecule has 0 radical (unpaired) electrons. The maximum atomic E-state index is 6.06. The molecule has 3 heterocycles. The van der Waals surface area contributed by atoms with Gasteiger partial charge in [0.2, 0.25) is 0 Å². The highest BCUT2D eigenvalue weighted by atomic mass is 35.5. The number of nitrogens with zero attached hydrogens (tertiary/aromatic N) is 2. The molecule has 3 nitrogen and oxygen atoms in total. The molecule has 1 N–H and O–H groups in total. The topological polar surface area (TPSA) is 37.8 Å². The van der Waals surface area contributed by atoms with E-state index >= 15 is 0 Å². The number of hydrogen-bond donors (Lipinski definition) is 1. The van der Waals surface area contributed by atoms with Crippen LogP contribution in [0.2, 0.25) is 5.15 Å². The Bertz CT molecular complexity index is 508. The molecule has 2 aromatic rings. The molecule has 0 aliphatic carbocycles. The van der Waals surface area contributed by atoms with E-state index in [2.05, 4.69) is 22.2 Å². The number of halogens is 1. The van der Waals surface area contributed by atoms with Gasteiger partial charge in [0.25, 0.3) is 0 Å². The van der Waals surface area contributed by atoms with Crippen molar-refractivity contribution in [2.24, 2.45) is 0 Å². The molecule has 0 fully saturated rings. The zero-order valence-corrected chi connectivity index (χ0v) is 9.11. The van der Waals surface area contributed by atoms with Crippen LogP contribution in [-0.4, -0.2) is 9.97 Å². The Kier molecular flexibility index (Phi) is 1.77. The summed E-state index contributed by atoms with van der Waals surface area (Å²) >= 11 is 7.77. The molecule has 0 saturated carbocycles. The van der Waals surface area contributed by atoms with Crippen LogP contribution in [0.5, 0.6) is 0 Å². The molecular weight excluding hydrogens is 218 g/mol. The van der Waals surface area contributed by atoms with E-state index in [9.17, 15) is 0 Å². The van der Waals surface area contributed by atoms with Gasteiger partial charge in [0.1, 0.15) is 16.3 Å². The number of thiophene rings is 1. The molecule has 14 heavy (non-hydrogen) atoms. The van der Waals surface area contributed by atoms with Crippen molar-refractivity contribution in [3.63, 3.8) is 0 Å². The van der Waals surface area contributed by atoms with Crippen molar-refractivity contribution >= 4 is 33.2 Å². The van der Waals surface area contributed by atoms with Crippen LogP contribution in [0, 0.1) is 0 Å². The van der Waals surface area contributed by atoms with E-state index in [0.29, 0.717) is 11.2 Å². The summed E-state index contributed by atoms with van der Waals surface area (Å²) in [6, 6.07) is 0.417. The molecule has 3 rings (SSSR count). The number of aromatic nitrogens is 2. The van der Waals surface area contributed by atoms with Gasteiger partial charge in [0, 0.05) is 17.5 Å². The second kappa shape index (κ2) is 2.89. The predicted octanol–water partition coefficient (Wildman–Crippen LogP) is 2.51. The molecule has 1 unspecified atom stereocenters. The van der Waals surface area contributed by atoms with Gasteiger partial charge >= 0.3 is 0 Å². The lowest BCUT2D eigenvalue weighted by atomic mass is 10.2. The van der Waals surface area contributed by atoms with E-state index in [1.54, 1.807) is 11.3 Å². The summed E-state index contributed by atoms with van der Waals surface area (Å²) in [5, 5.41) is 4.99. The number of nitrogens with one attached hydrogen (secondary N) is 1. The van der Waals surface area contributed by atoms with Gasteiger partial charge in [-0.05, 0) is 12.5 Å². The van der Waals surface area contributed by atoms with Gasteiger partial charge in [0.05, 0.1) is 5.39 Å². The Morgan fingerprint density at radius 3 is 3.29 bits per heavy atom. The standard InChI is InChI=1S/C9H8ClN3S/c1-4-7-5(2-11-4)6-8(10)12-3-13-9(6)14-7/h3-4,11H,2H2,1H3. The maximum absolute atomic E-state index is 6.06. The fourth-order valence-electron chi connectivity index (χ4n) is 1.84. The van der Waals surface area contributed by atoms with E-state index in [0.717, 1.165) is 16.8 Å². The van der Waals surface area contributed by atoms with Gasteiger partial charge in [-0.1, -0.05) is 11.6 Å². The summed E-state index contributed by atoms with van der Waals surface area (Å²) in [6.07, 6.45) is 1.52. The lowest BCUT2D eigenvalue weighted by Crippen LogP contribution is -2.07. The first-order valence-electron chi connectivity index (χ1n) is 4.42. The average Bonchev–Trinajstić information content (AvgIpc) is 2.68. The van der Waals surface area contributed by atoms with Gasteiger partial charge in [-0.3, -0.25) is 0 Å². The molecule has 0 spiro atoms. The van der Waals surface area contributed by atoms with E-state index in [1.807, 2.05) is 0 Å². The predicted molar refractivity (Wildman–Crippen MR) is 57.7 cm³/mol. The number of fused-ring (bicyclic) bond motifs is 3. The summed E-state index contributed by atoms with van der Waals surface area (Å²) in [5.74, 6) is 0. The van der Waals surface area contributed by atoms with Crippen molar-refractivity contribution in [3.8, 4) is 0 Å². The van der Waals surface area contributed by atoms with Crippen LogP contribution in [0.3, 0.4) is 0 Å². The first-order chi connectivity index (χ1) is 6.77. The molecule has 5 heteroatoms.